The van der Waals surface area contributed by atoms with Crippen LogP contribution in [-0.2, 0) is 14.3 Å². The summed E-state index contributed by atoms with van der Waals surface area (Å²) in [6, 6.07) is 0.167. The smallest absolute Gasteiger partial charge is 0.322 e. The van der Waals surface area contributed by atoms with Crippen molar-refractivity contribution in [1.82, 2.24) is 5.32 Å². The van der Waals surface area contributed by atoms with Crippen LogP contribution in [0.5, 0.6) is 0 Å². The summed E-state index contributed by atoms with van der Waals surface area (Å²) in [6.07, 6.45) is 3.11. The number of ether oxygens (including phenoxy) is 2. The van der Waals surface area contributed by atoms with Gasteiger partial charge in [0, 0.05) is 19.3 Å². The molecule has 4 nitrogen and oxygen atoms in total. The minimum atomic E-state index is -0.215. The average Bonchev–Trinajstić information content (AvgIpc) is 2.46. The van der Waals surface area contributed by atoms with Crippen LogP contribution in [-0.4, -0.2) is 37.9 Å². The Morgan fingerprint density at radius 3 is 3.07 bits per heavy atom. The van der Waals surface area contributed by atoms with E-state index in [4.69, 9.17) is 9.47 Å². The van der Waals surface area contributed by atoms with E-state index in [1.165, 1.54) is 0 Å². The van der Waals surface area contributed by atoms with E-state index in [1.54, 1.807) is 0 Å². The Balaban J connectivity index is 2.28. The third-order valence-electron chi connectivity index (χ3n) is 2.58. The van der Waals surface area contributed by atoms with Crippen LogP contribution >= 0.6 is 0 Å². The molecule has 2 atom stereocenters. The highest BCUT2D eigenvalue weighted by atomic mass is 16.5. The number of carbonyl (C=O) groups is 1. The lowest BCUT2D eigenvalue weighted by atomic mass is 10.1. The second kappa shape index (κ2) is 6.80. The first-order valence-corrected chi connectivity index (χ1v) is 5.74. The topological polar surface area (TPSA) is 47.6 Å². The fourth-order valence-electron chi connectivity index (χ4n) is 1.76. The van der Waals surface area contributed by atoms with Gasteiger partial charge in [-0.2, -0.15) is 0 Å². The van der Waals surface area contributed by atoms with E-state index in [1.807, 2.05) is 13.8 Å². The van der Waals surface area contributed by atoms with Crippen LogP contribution in [0.4, 0.5) is 0 Å². The van der Waals surface area contributed by atoms with Gasteiger partial charge in [0.1, 0.15) is 6.04 Å². The summed E-state index contributed by atoms with van der Waals surface area (Å²) >= 11 is 0. The van der Waals surface area contributed by atoms with Crippen molar-refractivity contribution in [1.29, 1.82) is 0 Å². The Kier molecular flexibility index (Phi) is 5.65. The van der Waals surface area contributed by atoms with Crippen molar-refractivity contribution in [2.24, 2.45) is 0 Å². The lowest BCUT2D eigenvalue weighted by Crippen LogP contribution is -2.42. The van der Waals surface area contributed by atoms with Crippen LogP contribution in [0.15, 0.2) is 0 Å². The molecular formula is C11H21NO3. The lowest BCUT2D eigenvalue weighted by molar-refractivity contribution is -0.145. The molecule has 1 aliphatic rings. The van der Waals surface area contributed by atoms with Crippen LogP contribution in [0.3, 0.4) is 0 Å². The number of hydrogen-bond acceptors (Lipinski definition) is 4. The van der Waals surface area contributed by atoms with Crippen LogP contribution in [0.2, 0.25) is 0 Å². The standard InChI is InChI=1S/C11H21NO3/c1-3-15-11(13)9(2)12-10-5-4-7-14-8-6-10/h9-10,12H,3-8H2,1-2H3. The van der Waals surface area contributed by atoms with Crippen molar-refractivity contribution in [3.05, 3.63) is 0 Å². The molecular weight excluding hydrogens is 194 g/mol. The van der Waals surface area contributed by atoms with Gasteiger partial charge in [-0.15, -0.1) is 0 Å². The van der Waals surface area contributed by atoms with Gasteiger partial charge < -0.3 is 14.8 Å². The summed E-state index contributed by atoms with van der Waals surface area (Å²) in [6.45, 7) is 5.74. The minimum Gasteiger partial charge on any atom is -0.465 e. The largest absolute Gasteiger partial charge is 0.465 e. The first-order chi connectivity index (χ1) is 7.24. The number of hydrogen-bond donors (Lipinski definition) is 1. The molecule has 0 aromatic heterocycles. The van der Waals surface area contributed by atoms with E-state index >= 15 is 0 Å². The first-order valence-electron chi connectivity index (χ1n) is 5.74. The van der Waals surface area contributed by atoms with Gasteiger partial charge >= 0.3 is 5.97 Å². The second-order valence-corrected chi connectivity index (χ2v) is 3.88. The van der Waals surface area contributed by atoms with Crippen molar-refractivity contribution in [2.45, 2.75) is 45.2 Å². The van der Waals surface area contributed by atoms with Gasteiger partial charge in [0.05, 0.1) is 6.61 Å². The molecule has 0 aromatic rings. The summed E-state index contributed by atoms with van der Waals surface area (Å²) in [5, 5.41) is 3.29. The van der Waals surface area contributed by atoms with Gasteiger partial charge in [0.25, 0.3) is 0 Å². The van der Waals surface area contributed by atoms with E-state index in [0.717, 1.165) is 32.5 Å². The van der Waals surface area contributed by atoms with Gasteiger partial charge in [-0.05, 0) is 33.1 Å². The van der Waals surface area contributed by atoms with E-state index in [-0.39, 0.29) is 12.0 Å². The quantitative estimate of drug-likeness (QED) is 0.713. The highest BCUT2D eigenvalue weighted by Crippen LogP contribution is 2.09. The molecule has 1 N–H and O–H groups in total. The third kappa shape index (κ3) is 4.62. The molecule has 0 saturated carbocycles. The van der Waals surface area contributed by atoms with Gasteiger partial charge in [-0.3, -0.25) is 4.79 Å². The molecule has 1 rings (SSSR count). The maximum absolute atomic E-state index is 11.4. The fraction of sp³-hybridized carbons (Fsp3) is 0.909. The van der Waals surface area contributed by atoms with Gasteiger partial charge in [-0.25, -0.2) is 0 Å². The van der Waals surface area contributed by atoms with Crippen molar-refractivity contribution in [3.8, 4) is 0 Å². The zero-order valence-corrected chi connectivity index (χ0v) is 9.62. The molecule has 1 fully saturated rings. The fourth-order valence-corrected chi connectivity index (χ4v) is 1.76. The Labute approximate surface area is 91.3 Å². The van der Waals surface area contributed by atoms with E-state index < -0.39 is 0 Å². The van der Waals surface area contributed by atoms with E-state index in [9.17, 15) is 4.79 Å². The maximum atomic E-state index is 11.4. The Hall–Kier alpha value is -0.610. The molecule has 88 valence electrons. The van der Waals surface area contributed by atoms with Crippen LogP contribution in [0.1, 0.15) is 33.1 Å². The highest BCUT2D eigenvalue weighted by molar-refractivity contribution is 5.75. The Bertz CT molecular complexity index is 188. The van der Waals surface area contributed by atoms with Crippen LogP contribution < -0.4 is 5.32 Å². The van der Waals surface area contributed by atoms with Crippen LogP contribution in [0, 0.1) is 0 Å². The molecule has 4 heteroatoms. The molecule has 1 aliphatic heterocycles. The second-order valence-electron chi connectivity index (χ2n) is 3.88. The normalized spacial score (nSPS) is 24.3. The highest BCUT2D eigenvalue weighted by Gasteiger charge is 2.19. The number of esters is 1. The van der Waals surface area contributed by atoms with Gasteiger partial charge in [0.15, 0.2) is 0 Å². The first kappa shape index (κ1) is 12.5. The molecule has 0 spiro atoms. The van der Waals surface area contributed by atoms with E-state index in [2.05, 4.69) is 5.32 Å². The molecule has 15 heavy (non-hydrogen) atoms. The van der Waals surface area contributed by atoms with E-state index in [0.29, 0.717) is 12.6 Å². The molecule has 1 heterocycles. The lowest BCUT2D eigenvalue weighted by Gasteiger charge is -2.20. The molecule has 0 radical (unpaired) electrons. The summed E-state index contributed by atoms with van der Waals surface area (Å²) < 4.78 is 10.3. The third-order valence-corrected chi connectivity index (χ3v) is 2.58. The van der Waals surface area contributed by atoms with Crippen molar-refractivity contribution in [2.75, 3.05) is 19.8 Å². The zero-order chi connectivity index (χ0) is 11.1. The maximum Gasteiger partial charge on any atom is 0.322 e. The van der Waals surface area contributed by atoms with Gasteiger partial charge in [0.2, 0.25) is 0 Å². The monoisotopic (exact) mass is 215 g/mol. The zero-order valence-electron chi connectivity index (χ0n) is 9.62. The summed E-state index contributed by atoms with van der Waals surface area (Å²) in [4.78, 5) is 11.4. The summed E-state index contributed by atoms with van der Waals surface area (Å²) in [5.41, 5.74) is 0. The number of carbonyl (C=O) groups excluding carboxylic acids is 1. The molecule has 1 saturated heterocycles. The summed E-state index contributed by atoms with van der Waals surface area (Å²) in [5.74, 6) is -0.164. The summed E-state index contributed by atoms with van der Waals surface area (Å²) in [7, 11) is 0. The average molecular weight is 215 g/mol. The number of rotatable bonds is 4. The predicted octanol–water partition coefficient (Wildman–Crippen LogP) is 1.10. The molecule has 2 unspecified atom stereocenters. The number of nitrogens with one attached hydrogen (secondary N) is 1. The minimum absolute atomic E-state index is 0.164. The predicted molar refractivity (Wildman–Crippen MR) is 57.7 cm³/mol. The van der Waals surface area contributed by atoms with Crippen molar-refractivity contribution < 1.29 is 14.3 Å². The molecule has 0 aromatic carbocycles. The van der Waals surface area contributed by atoms with Crippen molar-refractivity contribution >= 4 is 5.97 Å². The van der Waals surface area contributed by atoms with Crippen molar-refractivity contribution in [3.63, 3.8) is 0 Å². The Morgan fingerprint density at radius 2 is 2.33 bits per heavy atom. The molecule has 0 bridgehead atoms. The SMILES string of the molecule is CCOC(=O)C(C)NC1CCCOCC1. The Morgan fingerprint density at radius 1 is 1.53 bits per heavy atom. The molecule has 0 aliphatic carbocycles. The van der Waals surface area contributed by atoms with Crippen LogP contribution in [0.25, 0.3) is 0 Å². The van der Waals surface area contributed by atoms with Gasteiger partial charge in [-0.1, -0.05) is 0 Å². The molecule has 0 amide bonds.